The number of aromatic nitrogens is 2. The molecule has 1 aliphatic rings. The number of amides is 1. The van der Waals surface area contributed by atoms with Crippen molar-refractivity contribution in [3.05, 3.63) is 74.6 Å². The second-order valence-electron chi connectivity index (χ2n) is 7.91. The highest BCUT2D eigenvalue weighted by Gasteiger charge is 2.42. The average Bonchev–Trinajstić information content (AvgIpc) is 3.52. The van der Waals surface area contributed by atoms with E-state index in [2.05, 4.69) is 10.4 Å². The standard InChI is InChI=1S/C22H18ClF3N4O4/c1-12-2-6-16(7-3-12)34-17-9-14(8-15(10-17)30(32)33)27-18(31)11-29-20(13-4-5-13)19(23)21(28-29)22(24,25)26/h2-3,6-10,13H,4-5,11H2,1H3,(H,27,31). The van der Waals surface area contributed by atoms with Crippen LogP contribution in [0.15, 0.2) is 42.5 Å². The van der Waals surface area contributed by atoms with E-state index >= 15 is 0 Å². The lowest BCUT2D eigenvalue weighted by Crippen LogP contribution is -2.21. The Hall–Kier alpha value is -3.60. The summed E-state index contributed by atoms with van der Waals surface area (Å²) in [6.07, 6.45) is -3.46. The zero-order valence-corrected chi connectivity index (χ0v) is 18.5. The van der Waals surface area contributed by atoms with Gasteiger partial charge in [0.1, 0.15) is 18.0 Å². The second kappa shape index (κ2) is 8.98. The van der Waals surface area contributed by atoms with Crippen molar-refractivity contribution in [3.63, 3.8) is 0 Å². The van der Waals surface area contributed by atoms with Gasteiger partial charge in [-0.3, -0.25) is 19.6 Å². The summed E-state index contributed by atoms with van der Waals surface area (Å²) in [6.45, 7) is 1.35. The molecule has 0 unspecified atom stereocenters. The quantitative estimate of drug-likeness (QED) is 0.317. The van der Waals surface area contributed by atoms with Crippen molar-refractivity contribution >= 4 is 28.9 Å². The topological polar surface area (TPSA) is 99.3 Å². The van der Waals surface area contributed by atoms with E-state index in [1.165, 1.54) is 12.1 Å². The largest absolute Gasteiger partial charge is 0.457 e. The van der Waals surface area contributed by atoms with Crippen molar-refractivity contribution < 1.29 is 27.6 Å². The van der Waals surface area contributed by atoms with Gasteiger partial charge < -0.3 is 10.1 Å². The molecule has 1 aromatic heterocycles. The fourth-order valence-electron chi connectivity index (χ4n) is 3.40. The molecule has 0 atom stereocenters. The van der Waals surface area contributed by atoms with Gasteiger partial charge >= 0.3 is 6.18 Å². The molecule has 1 saturated carbocycles. The number of hydrogen-bond acceptors (Lipinski definition) is 5. The predicted molar refractivity (Wildman–Crippen MR) is 117 cm³/mol. The van der Waals surface area contributed by atoms with Gasteiger partial charge in [0.2, 0.25) is 5.91 Å². The van der Waals surface area contributed by atoms with Crippen LogP contribution in [0.2, 0.25) is 5.02 Å². The Morgan fingerprint density at radius 1 is 1.24 bits per heavy atom. The molecule has 34 heavy (non-hydrogen) atoms. The summed E-state index contributed by atoms with van der Waals surface area (Å²) in [4.78, 5) is 23.3. The fourth-order valence-corrected chi connectivity index (χ4v) is 3.80. The summed E-state index contributed by atoms with van der Waals surface area (Å²) < 4.78 is 46.3. The van der Waals surface area contributed by atoms with E-state index in [-0.39, 0.29) is 28.7 Å². The number of nitrogens with one attached hydrogen (secondary N) is 1. The highest BCUT2D eigenvalue weighted by molar-refractivity contribution is 6.32. The van der Waals surface area contributed by atoms with Gasteiger partial charge in [-0.25, -0.2) is 0 Å². The van der Waals surface area contributed by atoms with Gasteiger partial charge in [0.25, 0.3) is 5.69 Å². The van der Waals surface area contributed by atoms with Gasteiger partial charge in [-0.05, 0) is 31.9 Å². The summed E-state index contributed by atoms with van der Waals surface area (Å²) in [5.74, 6) is -0.385. The maximum absolute atomic E-state index is 13.2. The van der Waals surface area contributed by atoms with E-state index in [0.29, 0.717) is 18.6 Å². The molecule has 0 spiro atoms. The minimum Gasteiger partial charge on any atom is -0.457 e. The summed E-state index contributed by atoms with van der Waals surface area (Å²) in [5, 5.41) is 16.8. The molecule has 3 aromatic rings. The zero-order valence-electron chi connectivity index (χ0n) is 17.7. The molecule has 1 aliphatic carbocycles. The van der Waals surface area contributed by atoms with Crippen molar-refractivity contribution in [1.82, 2.24) is 9.78 Å². The number of ether oxygens (including phenoxy) is 1. The lowest BCUT2D eigenvalue weighted by molar-refractivity contribution is -0.384. The molecule has 0 radical (unpaired) electrons. The number of alkyl halides is 3. The fraction of sp³-hybridized carbons (Fsp3) is 0.273. The highest BCUT2D eigenvalue weighted by atomic mass is 35.5. The molecular formula is C22H18ClF3N4O4. The molecule has 0 aliphatic heterocycles. The van der Waals surface area contributed by atoms with E-state index in [0.717, 1.165) is 16.3 Å². The Morgan fingerprint density at radius 3 is 2.50 bits per heavy atom. The van der Waals surface area contributed by atoms with Crippen LogP contribution in [0.4, 0.5) is 24.5 Å². The van der Waals surface area contributed by atoms with Crippen LogP contribution in [0.5, 0.6) is 11.5 Å². The molecule has 0 bridgehead atoms. The summed E-state index contributed by atoms with van der Waals surface area (Å²) >= 11 is 5.93. The van der Waals surface area contributed by atoms with Crippen molar-refractivity contribution in [2.75, 3.05) is 5.32 Å². The summed E-state index contributed by atoms with van der Waals surface area (Å²) in [6, 6.07) is 10.7. The SMILES string of the molecule is Cc1ccc(Oc2cc(NC(=O)Cn3nc(C(F)(F)F)c(Cl)c3C3CC3)cc([N+](=O)[O-])c2)cc1. The van der Waals surface area contributed by atoms with Crippen molar-refractivity contribution in [2.45, 2.75) is 38.4 Å². The molecule has 8 nitrogen and oxygen atoms in total. The Labute approximate surface area is 196 Å². The van der Waals surface area contributed by atoms with Gasteiger partial charge in [0.15, 0.2) is 5.69 Å². The number of aryl methyl sites for hydroxylation is 1. The van der Waals surface area contributed by atoms with E-state index in [9.17, 15) is 28.1 Å². The van der Waals surface area contributed by atoms with Gasteiger partial charge in [-0.1, -0.05) is 29.3 Å². The lowest BCUT2D eigenvalue weighted by Gasteiger charge is -2.11. The number of hydrogen-bond donors (Lipinski definition) is 1. The third kappa shape index (κ3) is 5.30. The number of nitro benzene ring substituents is 1. The van der Waals surface area contributed by atoms with Crippen LogP contribution in [0.1, 0.15) is 35.7 Å². The monoisotopic (exact) mass is 494 g/mol. The highest BCUT2D eigenvalue weighted by Crippen LogP contribution is 2.46. The molecule has 12 heteroatoms. The van der Waals surface area contributed by atoms with Crippen LogP contribution in [0.3, 0.4) is 0 Å². The van der Waals surface area contributed by atoms with Gasteiger partial charge in [-0.15, -0.1) is 0 Å². The Morgan fingerprint density at radius 2 is 1.91 bits per heavy atom. The maximum atomic E-state index is 13.2. The van der Waals surface area contributed by atoms with E-state index in [1.54, 1.807) is 24.3 Å². The number of nitro groups is 1. The van der Waals surface area contributed by atoms with Crippen LogP contribution >= 0.6 is 11.6 Å². The van der Waals surface area contributed by atoms with Gasteiger partial charge in [0, 0.05) is 18.1 Å². The first kappa shape index (κ1) is 23.6. The van der Waals surface area contributed by atoms with Crippen molar-refractivity contribution in [2.24, 2.45) is 0 Å². The zero-order chi connectivity index (χ0) is 24.6. The molecule has 1 N–H and O–H groups in total. The molecule has 0 saturated heterocycles. The first-order chi connectivity index (χ1) is 16.0. The Bertz CT molecular complexity index is 1250. The first-order valence-corrected chi connectivity index (χ1v) is 10.6. The van der Waals surface area contributed by atoms with Gasteiger partial charge in [-0.2, -0.15) is 18.3 Å². The number of carbonyl (C=O) groups excluding carboxylic acids is 1. The molecular weight excluding hydrogens is 477 g/mol. The summed E-state index contributed by atoms with van der Waals surface area (Å²) in [5.41, 5.74) is -0.374. The average molecular weight is 495 g/mol. The van der Waals surface area contributed by atoms with E-state index in [1.807, 2.05) is 6.92 Å². The third-order valence-corrected chi connectivity index (χ3v) is 5.47. The predicted octanol–water partition coefficient (Wildman–Crippen LogP) is 6.08. The lowest BCUT2D eigenvalue weighted by atomic mass is 10.2. The first-order valence-electron chi connectivity index (χ1n) is 10.2. The number of anilines is 1. The molecule has 4 rings (SSSR count). The number of non-ortho nitro benzene ring substituents is 1. The smallest absolute Gasteiger partial charge is 0.436 e. The summed E-state index contributed by atoms with van der Waals surface area (Å²) in [7, 11) is 0. The Balaban J connectivity index is 1.56. The normalized spacial score (nSPS) is 13.6. The van der Waals surface area contributed by atoms with Crippen LogP contribution in [0, 0.1) is 17.0 Å². The Kier molecular flexibility index (Phi) is 6.22. The van der Waals surface area contributed by atoms with E-state index in [4.69, 9.17) is 16.3 Å². The van der Waals surface area contributed by atoms with Crippen LogP contribution in [-0.4, -0.2) is 20.6 Å². The molecule has 1 fully saturated rings. The molecule has 178 valence electrons. The minimum absolute atomic E-state index is 0.0450. The number of benzene rings is 2. The number of nitrogens with zero attached hydrogens (tertiary/aromatic N) is 3. The van der Waals surface area contributed by atoms with Crippen LogP contribution < -0.4 is 10.1 Å². The third-order valence-electron chi connectivity index (χ3n) is 5.10. The second-order valence-corrected chi connectivity index (χ2v) is 8.29. The van der Waals surface area contributed by atoms with Crippen LogP contribution in [0.25, 0.3) is 0 Å². The number of halogens is 4. The van der Waals surface area contributed by atoms with Crippen LogP contribution in [-0.2, 0) is 17.5 Å². The van der Waals surface area contributed by atoms with Gasteiger partial charge in [0.05, 0.1) is 27.4 Å². The number of carbonyl (C=O) groups is 1. The number of rotatable bonds is 7. The molecule has 1 amide bonds. The molecule has 2 aromatic carbocycles. The van der Waals surface area contributed by atoms with Crippen molar-refractivity contribution in [1.29, 1.82) is 0 Å². The minimum atomic E-state index is -4.76. The maximum Gasteiger partial charge on any atom is 0.436 e. The molecule has 1 heterocycles. The van der Waals surface area contributed by atoms with E-state index < -0.39 is 34.3 Å². The van der Waals surface area contributed by atoms with Crippen molar-refractivity contribution in [3.8, 4) is 11.5 Å².